The molecule has 0 aromatic carbocycles. The summed E-state index contributed by atoms with van der Waals surface area (Å²) in [6.45, 7) is 0. The van der Waals surface area contributed by atoms with Gasteiger partial charge in [0.15, 0.2) is 7.11 Å². The van der Waals surface area contributed by atoms with E-state index in [2.05, 4.69) is 11.8 Å². The Hall–Kier alpha value is 0.576. The first-order chi connectivity index (χ1) is 3.66. The summed E-state index contributed by atoms with van der Waals surface area (Å²) in [5.41, 5.74) is 0. The maximum absolute atomic E-state index is 9.85. The Labute approximate surface area is 95.0 Å². The van der Waals surface area contributed by atoms with Gasteiger partial charge in [0, 0.05) is 0 Å². The van der Waals surface area contributed by atoms with E-state index < -0.39 is 18.4 Å². The van der Waals surface area contributed by atoms with Crippen LogP contribution >= 0.6 is 0 Å². The molecule has 2 radical (unpaired) electrons. The molecule has 0 N–H and O–H groups in total. The number of rotatable bonds is 2. The Morgan fingerprint density at radius 1 is 1.56 bits per heavy atom. The zero-order valence-corrected chi connectivity index (χ0v) is 8.04. The van der Waals surface area contributed by atoms with Crippen molar-refractivity contribution in [3.8, 4) is 0 Å². The van der Waals surface area contributed by atoms with Gasteiger partial charge in [0.2, 0.25) is 0 Å². The van der Waals surface area contributed by atoms with Gasteiger partial charge in [-0.15, -0.1) is 0 Å². The number of hydrogen-bond donors (Lipinski definition) is 0. The molecule has 9 heavy (non-hydrogen) atoms. The van der Waals surface area contributed by atoms with Crippen LogP contribution in [0.4, 0.5) is 0 Å². The Morgan fingerprint density at radius 3 is 2.11 bits per heavy atom. The predicted octanol–water partition coefficient (Wildman–Crippen LogP) is -4.66. The van der Waals surface area contributed by atoms with E-state index in [1.807, 2.05) is 0 Å². The van der Waals surface area contributed by atoms with Crippen LogP contribution in [0.15, 0.2) is 0 Å². The van der Waals surface area contributed by atoms with Crippen molar-refractivity contribution in [3.05, 3.63) is 7.11 Å². The fourth-order valence-corrected chi connectivity index (χ4v) is 0.160. The predicted molar refractivity (Wildman–Crippen MR) is 20.0 cm³/mol. The van der Waals surface area contributed by atoms with E-state index in [9.17, 15) is 14.7 Å². The molecule has 4 nitrogen and oxygen atoms in total. The fourth-order valence-electron chi connectivity index (χ4n) is 0.160. The molecule has 0 saturated carbocycles. The van der Waals surface area contributed by atoms with Crippen LogP contribution < -0.4 is 56.5 Å². The standard InChI is InChI=1S/C4H4O4.K/c1-8-4(7)2-3(5)6;/h1H,2H2,(H,5,6);/q;+1/p-1. The number of carbonyl (C=O) groups excluding carboxylic acids is 2. The second-order valence-corrected chi connectivity index (χ2v) is 1.04. The number of hydrogen-bond acceptors (Lipinski definition) is 4. The number of carboxylic acids is 1. The van der Waals surface area contributed by atoms with Crippen molar-refractivity contribution in [2.75, 3.05) is 0 Å². The van der Waals surface area contributed by atoms with Crippen LogP contribution in [0.3, 0.4) is 0 Å². The quantitative estimate of drug-likeness (QED) is 0.228. The molecule has 0 spiro atoms. The molecule has 0 aromatic heterocycles. The van der Waals surface area contributed by atoms with Gasteiger partial charge < -0.3 is 14.6 Å². The maximum atomic E-state index is 9.85. The first kappa shape index (κ1) is 12.3. The van der Waals surface area contributed by atoms with E-state index in [1.54, 1.807) is 0 Å². The maximum Gasteiger partial charge on any atom is 1.00 e. The minimum atomic E-state index is -1.50. The Kier molecular flexibility index (Phi) is 9.13. The van der Waals surface area contributed by atoms with Gasteiger partial charge in [-0.1, -0.05) is 0 Å². The molecule has 0 bridgehead atoms. The van der Waals surface area contributed by atoms with Crippen LogP contribution in [-0.4, -0.2) is 11.9 Å². The van der Waals surface area contributed by atoms with Crippen LogP contribution in [0.1, 0.15) is 6.42 Å². The molecule has 0 aliphatic carbocycles. The molecule has 0 saturated heterocycles. The molecule has 0 aromatic rings. The topological polar surface area (TPSA) is 66.4 Å². The fraction of sp³-hybridized carbons (Fsp3) is 0.250. The van der Waals surface area contributed by atoms with Gasteiger partial charge in [-0.3, -0.25) is 4.79 Å². The molecular weight excluding hydrogens is 151 g/mol. The smallest absolute Gasteiger partial charge is 0.550 e. The van der Waals surface area contributed by atoms with E-state index in [1.165, 1.54) is 0 Å². The summed E-state index contributed by atoms with van der Waals surface area (Å²) in [4.78, 5) is 19.4. The van der Waals surface area contributed by atoms with Gasteiger partial charge >= 0.3 is 57.4 Å². The van der Waals surface area contributed by atoms with E-state index in [4.69, 9.17) is 0 Å². The normalized spacial score (nSPS) is 7.22. The summed E-state index contributed by atoms with van der Waals surface area (Å²) in [6, 6.07) is 0. The van der Waals surface area contributed by atoms with Gasteiger partial charge in [-0.2, -0.15) is 0 Å². The monoisotopic (exact) mass is 154 g/mol. The summed E-state index contributed by atoms with van der Waals surface area (Å²) in [6.07, 6.45) is -0.795. The molecule has 0 heterocycles. The minimum absolute atomic E-state index is 0. The van der Waals surface area contributed by atoms with Gasteiger partial charge in [0.25, 0.3) is 0 Å². The van der Waals surface area contributed by atoms with Crippen LogP contribution in [0.5, 0.6) is 0 Å². The first-order valence-electron chi connectivity index (χ1n) is 1.76. The van der Waals surface area contributed by atoms with Gasteiger partial charge in [0.05, 0.1) is 12.4 Å². The average molecular weight is 154 g/mol. The summed E-state index contributed by atoms with van der Waals surface area (Å²) in [7, 11) is 4.28. The van der Waals surface area contributed by atoms with Crippen LogP contribution in [-0.2, 0) is 14.3 Å². The van der Waals surface area contributed by atoms with Gasteiger partial charge in [-0.25, -0.2) is 0 Å². The number of ether oxygens (including phenoxy) is 1. The molecule has 44 valence electrons. The van der Waals surface area contributed by atoms with Crippen molar-refractivity contribution in [1.29, 1.82) is 0 Å². The average Bonchev–Trinajstić information content (AvgIpc) is 1.65. The number of aliphatic carboxylic acids is 1. The Bertz CT molecular complexity index is 111. The largest absolute Gasteiger partial charge is 1.00 e. The van der Waals surface area contributed by atoms with E-state index in [0.29, 0.717) is 0 Å². The summed E-state index contributed by atoms with van der Waals surface area (Å²) < 4.78 is 3.50. The van der Waals surface area contributed by atoms with Crippen molar-refractivity contribution in [3.63, 3.8) is 0 Å². The molecule has 0 fully saturated rings. The molecule has 0 aliphatic rings. The number of carboxylic acid groups (broad SMARTS) is 1. The van der Waals surface area contributed by atoms with E-state index >= 15 is 0 Å². The molecule has 0 unspecified atom stereocenters. The SMILES string of the molecule is [CH]OC(=O)CC(=O)[O-].[K+]. The van der Waals surface area contributed by atoms with E-state index in [0.717, 1.165) is 0 Å². The van der Waals surface area contributed by atoms with Crippen molar-refractivity contribution in [1.82, 2.24) is 0 Å². The van der Waals surface area contributed by atoms with Crippen molar-refractivity contribution in [2.45, 2.75) is 6.42 Å². The van der Waals surface area contributed by atoms with Crippen LogP contribution in [0.25, 0.3) is 0 Å². The van der Waals surface area contributed by atoms with Crippen molar-refractivity contribution < 1.29 is 70.8 Å². The first-order valence-corrected chi connectivity index (χ1v) is 1.76. The van der Waals surface area contributed by atoms with Gasteiger partial charge in [0.1, 0.15) is 0 Å². The third-order valence-corrected chi connectivity index (χ3v) is 0.420. The second-order valence-electron chi connectivity index (χ2n) is 1.04. The van der Waals surface area contributed by atoms with Crippen LogP contribution in [0.2, 0.25) is 0 Å². The third kappa shape index (κ3) is 8.58. The van der Waals surface area contributed by atoms with Crippen molar-refractivity contribution in [2.24, 2.45) is 0 Å². The summed E-state index contributed by atoms with van der Waals surface area (Å²) in [5, 5.41) is 9.50. The number of carbonyl (C=O) groups is 2. The Balaban J connectivity index is 0. The number of esters is 1. The molecule has 0 atom stereocenters. The van der Waals surface area contributed by atoms with Crippen molar-refractivity contribution >= 4 is 11.9 Å². The minimum Gasteiger partial charge on any atom is -0.550 e. The molecule has 0 amide bonds. The molecule has 5 heteroatoms. The third-order valence-electron chi connectivity index (χ3n) is 0.420. The molecule has 0 rings (SSSR count). The van der Waals surface area contributed by atoms with Crippen LogP contribution in [0, 0.1) is 7.11 Å². The zero-order valence-electron chi connectivity index (χ0n) is 4.92. The van der Waals surface area contributed by atoms with Gasteiger partial charge in [-0.05, 0) is 0 Å². The summed E-state index contributed by atoms with van der Waals surface area (Å²) in [5.74, 6) is -2.51. The molecule has 0 aliphatic heterocycles. The second kappa shape index (κ2) is 6.69. The zero-order chi connectivity index (χ0) is 6.57. The Morgan fingerprint density at radius 2 is 2.00 bits per heavy atom. The summed E-state index contributed by atoms with van der Waals surface area (Å²) >= 11 is 0. The van der Waals surface area contributed by atoms with E-state index in [-0.39, 0.29) is 51.4 Å². The molecular formula is C4H3KO4.